The molecule has 0 aliphatic heterocycles. The zero-order valence-corrected chi connectivity index (χ0v) is 21.0. The van der Waals surface area contributed by atoms with Gasteiger partial charge in [0.15, 0.2) is 0 Å². The van der Waals surface area contributed by atoms with Crippen LogP contribution < -0.4 is 10.1 Å². The van der Waals surface area contributed by atoms with E-state index in [1.807, 2.05) is 45.9 Å². The van der Waals surface area contributed by atoms with Crippen molar-refractivity contribution in [3.63, 3.8) is 0 Å². The summed E-state index contributed by atoms with van der Waals surface area (Å²) in [5.74, 6) is -1.02. The van der Waals surface area contributed by atoms with Crippen LogP contribution in [0, 0.1) is 20.8 Å². The highest BCUT2D eigenvalue weighted by Gasteiger charge is 2.16. The SMILES string of the molecule is Cc1cc(C(=O)O)ccc1-c1cc(C)c(OCCN[C@@H](C)[C@H](O)c2ccc(CC(=O)O)cc2)c(C)c1. The maximum absolute atomic E-state index is 11.2. The van der Waals surface area contributed by atoms with Crippen LogP contribution in [0.1, 0.15) is 51.2 Å². The highest BCUT2D eigenvalue weighted by atomic mass is 16.5. The Bertz CT molecular complexity index is 1210. The van der Waals surface area contributed by atoms with Crippen LogP contribution in [0.4, 0.5) is 0 Å². The molecule has 0 saturated carbocycles. The normalized spacial score (nSPS) is 12.7. The number of carboxylic acid groups (broad SMARTS) is 2. The minimum absolute atomic E-state index is 0.0437. The molecule has 0 spiro atoms. The third kappa shape index (κ3) is 6.71. The minimum atomic E-state index is -0.940. The van der Waals surface area contributed by atoms with Gasteiger partial charge < -0.3 is 25.4 Å². The number of carboxylic acids is 2. The number of benzene rings is 3. The van der Waals surface area contributed by atoms with Gasteiger partial charge in [0, 0.05) is 12.6 Å². The summed E-state index contributed by atoms with van der Waals surface area (Å²) in [5.41, 5.74) is 6.55. The molecule has 7 heteroatoms. The van der Waals surface area contributed by atoms with Gasteiger partial charge >= 0.3 is 11.9 Å². The van der Waals surface area contributed by atoms with Gasteiger partial charge in [0.2, 0.25) is 0 Å². The quantitative estimate of drug-likeness (QED) is 0.288. The van der Waals surface area contributed by atoms with Gasteiger partial charge in [-0.1, -0.05) is 30.3 Å². The number of rotatable bonds is 11. The first-order valence-corrected chi connectivity index (χ1v) is 11.9. The first-order valence-electron chi connectivity index (χ1n) is 11.9. The van der Waals surface area contributed by atoms with Gasteiger partial charge in [-0.2, -0.15) is 0 Å². The molecule has 3 aromatic carbocycles. The molecule has 0 aromatic heterocycles. The molecule has 0 saturated heterocycles. The predicted octanol–water partition coefficient (Wildman–Crippen LogP) is 4.69. The molecule has 2 atom stereocenters. The summed E-state index contributed by atoms with van der Waals surface area (Å²) in [6.07, 6.45) is -0.778. The van der Waals surface area contributed by atoms with Crippen LogP contribution >= 0.6 is 0 Å². The van der Waals surface area contributed by atoms with Gasteiger partial charge in [0.05, 0.1) is 18.1 Å². The van der Waals surface area contributed by atoms with Crippen molar-refractivity contribution in [2.75, 3.05) is 13.2 Å². The van der Waals surface area contributed by atoms with Crippen LogP contribution in [0.15, 0.2) is 54.6 Å². The van der Waals surface area contributed by atoms with Crippen molar-refractivity contribution in [1.82, 2.24) is 5.32 Å². The van der Waals surface area contributed by atoms with Crippen molar-refractivity contribution in [1.29, 1.82) is 0 Å². The fourth-order valence-corrected chi connectivity index (χ4v) is 4.30. The van der Waals surface area contributed by atoms with E-state index in [0.29, 0.717) is 18.7 Å². The molecule has 190 valence electrons. The molecule has 36 heavy (non-hydrogen) atoms. The number of nitrogens with one attached hydrogen (secondary N) is 1. The molecular weight excluding hydrogens is 458 g/mol. The summed E-state index contributed by atoms with van der Waals surface area (Å²) in [6.45, 7) is 8.72. The first kappa shape index (κ1) is 26.9. The Morgan fingerprint density at radius 3 is 2.11 bits per heavy atom. The van der Waals surface area contributed by atoms with E-state index in [9.17, 15) is 19.8 Å². The van der Waals surface area contributed by atoms with Crippen molar-refractivity contribution in [3.8, 4) is 16.9 Å². The average Bonchev–Trinajstić information content (AvgIpc) is 2.82. The van der Waals surface area contributed by atoms with Gasteiger partial charge in [-0.25, -0.2) is 4.79 Å². The summed E-state index contributed by atoms with van der Waals surface area (Å²) < 4.78 is 6.05. The van der Waals surface area contributed by atoms with E-state index < -0.39 is 18.0 Å². The van der Waals surface area contributed by atoms with Crippen LogP contribution in [0.5, 0.6) is 5.75 Å². The molecule has 0 aliphatic carbocycles. The lowest BCUT2D eigenvalue weighted by molar-refractivity contribution is -0.136. The van der Waals surface area contributed by atoms with Gasteiger partial charge in [-0.15, -0.1) is 0 Å². The lowest BCUT2D eigenvalue weighted by atomic mass is 9.95. The fourth-order valence-electron chi connectivity index (χ4n) is 4.30. The number of aliphatic carboxylic acids is 1. The molecule has 0 unspecified atom stereocenters. The van der Waals surface area contributed by atoms with Crippen molar-refractivity contribution in [2.24, 2.45) is 0 Å². The smallest absolute Gasteiger partial charge is 0.335 e. The predicted molar refractivity (Wildman–Crippen MR) is 139 cm³/mol. The summed E-state index contributed by atoms with van der Waals surface area (Å²) in [7, 11) is 0. The Balaban J connectivity index is 1.57. The van der Waals surface area contributed by atoms with E-state index in [0.717, 1.165) is 39.1 Å². The molecule has 0 heterocycles. The van der Waals surface area contributed by atoms with Gasteiger partial charge in [-0.05, 0) is 90.9 Å². The molecule has 4 N–H and O–H groups in total. The Morgan fingerprint density at radius 1 is 0.917 bits per heavy atom. The lowest BCUT2D eigenvalue weighted by Gasteiger charge is -2.21. The number of hydrogen-bond acceptors (Lipinski definition) is 5. The highest BCUT2D eigenvalue weighted by Crippen LogP contribution is 2.32. The van der Waals surface area contributed by atoms with E-state index in [-0.39, 0.29) is 18.0 Å². The van der Waals surface area contributed by atoms with Gasteiger partial charge in [0.1, 0.15) is 12.4 Å². The van der Waals surface area contributed by atoms with Crippen molar-refractivity contribution in [3.05, 3.63) is 88.0 Å². The summed E-state index contributed by atoms with van der Waals surface area (Å²) in [4.78, 5) is 22.0. The van der Waals surface area contributed by atoms with Crippen molar-refractivity contribution >= 4 is 11.9 Å². The molecule has 0 aliphatic rings. The lowest BCUT2D eigenvalue weighted by Crippen LogP contribution is -2.35. The largest absolute Gasteiger partial charge is 0.492 e. The molecule has 0 bridgehead atoms. The van der Waals surface area contributed by atoms with Crippen LogP contribution in [0.25, 0.3) is 11.1 Å². The van der Waals surface area contributed by atoms with Crippen LogP contribution in [-0.2, 0) is 11.2 Å². The number of ether oxygens (including phenoxy) is 1. The second-order valence-electron chi connectivity index (χ2n) is 9.12. The number of hydrogen-bond donors (Lipinski definition) is 4. The Hall–Kier alpha value is -3.68. The summed E-state index contributed by atoms with van der Waals surface area (Å²) in [6, 6.07) is 15.9. The number of aryl methyl sites for hydroxylation is 3. The second-order valence-corrected chi connectivity index (χ2v) is 9.12. The number of aromatic carboxylic acids is 1. The molecule has 3 aromatic rings. The van der Waals surface area contributed by atoms with Gasteiger partial charge in [-0.3, -0.25) is 4.79 Å². The zero-order valence-electron chi connectivity index (χ0n) is 21.0. The third-order valence-electron chi connectivity index (χ3n) is 6.21. The number of aliphatic hydroxyl groups excluding tert-OH is 1. The molecule has 0 radical (unpaired) electrons. The number of carbonyl (C=O) groups is 2. The molecule has 7 nitrogen and oxygen atoms in total. The average molecular weight is 492 g/mol. The molecule has 0 amide bonds. The van der Waals surface area contributed by atoms with E-state index in [1.165, 1.54) is 0 Å². The van der Waals surface area contributed by atoms with E-state index in [1.54, 1.807) is 36.4 Å². The van der Waals surface area contributed by atoms with Gasteiger partial charge in [0.25, 0.3) is 0 Å². The topological polar surface area (TPSA) is 116 Å². The van der Waals surface area contributed by atoms with Crippen LogP contribution in [0.3, 0.4) is 0 Å². The van der Waals surface area contributed by atoms with Crippen LogP contribution in [-0.4, -0.2) is 46.5 Å². The number of aliphatic hydroxyl groups is 1. The van der Waals surface area contributed by atoms with E-state index in [4.69, 9.17) is 9.84 Å². The second kappa shape index (κ2) is 11.8. The molecule has 3 rings (SSSR count). The highest BCUT2D eigenvalue weighted by molar-refractivity contribution is 5.89. The minimum Gasteiger partial charge on any atom is -0.492 e. The van der Waals surface area contributed by atoms with E-state index >= 15 is 0 Å². The Kier molecular flexibility index (Phi) is 8.85. The summed E-state index contributed by atoms with van der Waals surface area (Å²) >= 11 is 0. The summed E-state index contributed by atoms with van der Waals surface area (Å²) in [5, 5.41) is 32.0. The first-order chi connectivity index (χ1) is 17.1. The van der Waals surface area contributed by atoms with Crippen molar-refractivity contribution < 1.29 is 29.6 Å². The molecular formula is C29H33NO6. The third-order valence-corrected chi connectivity index (χ3v) is 6.21. The zero-order chi connectivity index (χ0) is 26.4. The van der Waals surface area contributed by atoms with Crippen LogP contribution in [0.2, 0.25) is 0 Å². The maximum Gasteiger partial charge on any atom is 0.335 e. The molecule has 0 fully saturated rings. The maximum atomic E-state index is 11.2. The standard InChI is InChI=1S/C29H33NO6/c1-17-13-23(29(34)35)9-10-25(17)24-14-18(2)28(19(3)15-24)36-12-11-30-20(4)27(33)22-7-5-21(6-8-22)16-26(31)32/h5-10,13-15,20,27,30,33H,11-12,16H2,1-4H3,(H,31,32)(H,34,35)/t20-,27-/m0/s1. The Labute approximate surface area is 211 Å². The van der Waals surface area contributed by atoms with Crippen molar-refractivity contribution in [2.45, 2.75) is 46.3 Å². The fraction of sp³-hybridized carbons (Fsp3) is 0.310. The Morgan fingerprint density at radius 2 is 1.56 bits per heavy atom. The van der Waals surface area contributed by atoms with E-state index in [2.05, 4.69) is 5.32 Å². The monoisotopic (exact) mass is 491 g/mol.